The van der Waals surface area contributed by atoms with Crippen molar-refractivity contribution in [1.82, 2.24) is 0 Å². The summed E-state index contributed by atoms with van der Waals surface area (Å²) in [5.41, 5.74) is -5.65. The SMILES string of the molecule is O=S(=O)([O-])C(F)(F)F.[CH3][Al+][CH3]. The fraction of sp³-hybridized carbons (Fsp3) is 1.00. The van der Waals surface area contributed by atoms with E-state index in [1.54, 1.807) is 0 Å². The molecule has 0 amide bonds. The van der Waals surface area contributed by atoms with Crippen molar-refractivity contribution in [3.05, 3.63) is 0 Å². The molecule has 66 valence electrons. The Bertz CT molecular complexity index is 184. The molecule has 0 aromatic rings. The third-order valence-corrected chi connectivity index (χ3v) is 0.850. The van der Waals surface area contributed by atoms with Gasteiger partial charge in [0.25, 0.3) is 0 Å². The summed E-state index contributed by atoms with van der Waals surface area (Å²) in [6.45, 7) is 0. The fourth-order valence-corrected chi connectivity index (χ4v) is 0. The maximum absolute atomic E-state index is 10.7. The van der Waals surface area contributed by atoms with Crippen LogP contribution in [0.5, 0.6) is 0 Å². The van der Waals surface area contributed by atoms with Crippen molar-refractivity contribution in [2.24, 2.45) is 0 Å². The van der Waals surface area contributed by atoms with Gasteiger partial charge >= 0.3 is 32.3 Å². The predicted octanol–water partition coefficient (Wildman–Crippen LogP) is 0.838. The van der Waals surface area contributed by atoms with Gasteiger partial charge in [-0.05, 0) is 0 Å². The molecular formula is C3H6AlF3O3S. The molecule has 0 aliphatic rings. The Labute approximate surface area is 69.1 Å². The van der Waals surface area contributed by atoms with E-state index in [9.17, 15) is 13.2 Å². The van der Waals surface area contributed by atoms with Crippen molar-refractivity contribution in [2.75, 3.05) is 0 Å². The van der Waals surface area contributed by atoms with Crippen LogP contribution in [-0.4, -0.2) is 33.7 Å². The second-order valence-electron chi connectivity index (χ2n) is 1.48. The minimum absolute atomic E-state index is 0.750. The molecule has 0 aliphatic carbocycles. The summed E-state index contributed by atoms with van der Waals surface area (Å²) in [7, 11) is -6.09. The molecule has 0 spiro atoms. The summed E-state index contributed by atoms with van der Waals surface area (Å²) in [5, 5.41) is 0. The number of halogens is 3. The van der Waals surface area contributed by atoms with Gasteiger partial charge in [-0.15, -0.1) is 0 Å². The van der Waals surface area contributed by atoms with Crippen LogP contribution < -0.4 is 0 Å². The third kappa shape index (κ3) is 8.14. The van der Waals surface area contributed by atoms with E-state index in [0.717, 1.165) is 15.2 Å². The first-order valence-corrected chi connectivity index (χ1v) is 6.14. The third-order valence-electron chi connectivity index (χ3n) is 0.283. The van der Waals surface area contributed by atoms with Gasteiger partial charge in [-0.3, -0.25) is 0 Å². The van der Waals surface area contributed by atoms with Crippen molar-refractivity contribution in [3.8, 4) is 0 Å². The van der Waals surface area contributed by atoms with Gasteiger partial charge < -0.3 is 4.55 Å². The molecule has 0 aliphatic heterocycles. The Morgan fingerprint density at radius 2 is 1.36 bits per heavy atom. The van der Waals surface area contributed by atoms with Gasteiger partial charge in [0.1, 0.15) is 0 Å². The molecule has 11 heavy (non-hydrogen) atoms. The topological polar surface area (TPSA) is 57.2 Å². The van der Waals surface area contributed by atoms with Crippen molar-refractivity contribution in [1.29, 1.82) is 0 Å². The first-order valence-electron chi connectivity index (χ1n) is 2.43. The molecule has 0 saturated carbocycles. The molecule has 0 unspecified atom stereocenters. The fourth-order valence-electron chi connectivity index (χ4n) is 0. The molecule has 0 bridgehead atoms. The molecular weight excluding hydrogens is 200 g/mol. The molecule has 0 heterocycles. The van der Waals surface area contributed by atoms with Crippen LogP contribution in [0.25, 0.3) is 0 Å². The summed E-state index contributed by atoms with van der Waals surface area (Å²) in [4.78, 5) is 0. The van der Waals surface area contributed by atoms with Crippen molar-refractivity contribution in [3.63, 3.8) is 0 Å². The summed E-state index contributed by atoms with van der Waals surface area (Å²) in [5.74, 6) is 4.42. The van der Waals surface area contributed by atoms with E-state index >= 15 is 0 Å². The van der Waals surface area contributed by atoms with Crippen LogP contribution in [0.4, 0.5) is 13.2 Å². The number of rotatable bonds is 0. The molecule has 0 atom stereocenters. The maximum atomic E-state index is 10.7. The van der Waals surface area contributed by atoms with Gasteiger partial charge in [0.05, 0.1) is 0 Å². The van der Waals surface area contributed by atoms with Crippen molar-refractivity contribution in [2.45, 2.75) is 17.1 Å². The van der Waals surface area contributed by atoms with Gasteiger partial charge in [0.2, 0.25) is 0 Å². The monoisotopic (exact) mass is 206 g/mol. The number of hydrogen-bond acceptors (Lipinski definition) is 3. The standard InChI is InChI=1S/CHF3O3S.2CH3.Al/c2-1(3,4)8(5,6)7;;;/h(H,5,6,7);2*1H3;/q;;;+1/p-1. The van der Waals surface area contributed by atoms with E-state index in [4.69, 9.17) is 13.0 Å². The summed E-state index contributed by atoms with van der Waals surface area (Å²) in [6.07, 6.45) is 0. The molecule has 0 saturated heterocycles. The van der Waals surface area contributed by atoms with Crippen molar-refractivity contribution < 1.29 is 26.1 Å². The predicted molar refractivity (Wildman–Crippen MR) is 33.2 cm³/mol. The van der Waals surface area contributed by atoms with E-state index in [1.807, 2.05) is 0 Å². The zero-order valence-electron chi connectivity index (χ0n) is 5.84. The number of hydrogen-bond donors (Lipinski definition) is 0. The van der Waals surface area contributed by atoms with Gasteiger partial charge in [0, 0.05) is 0 Å². The van der Waals surface area contributed by atoms with E-state index in [0.29, 0.717) is 0 Å². The normalized spacial score (nSPS) is 11.1. The number of alkyl halides is 3. The van der Waals surface area contributed by atoms with Crippen LogP contribution in [0.1, 0.15) is 0 Å². The molecule has 0 N–H and O–H groups in total. The van der Waals surface area contributed by atoms with E-state index < -0.39 is 15.6 Å². The Morgan fingerprint density at radius 3 is 1.36 bits per heavy atom. The van der Waals surface area contributed by atoms with E-state index in [2.05, 4.69) is 11.6 Å². The van der Waals surface area contributed by atoms with E-state index in [-0.39, 0.29) is 0 Å². The van der Waals surface area contributed by atoms with E-state index in [1.165, 1.54) is 0 Å². The average molecular weight is 206 g/mol. The molecule has 0 radical (unpaired) electrons. The van der Waals surface area contributed by atoms with Crippen molar-refractivity contribution >= 4 is 25.3 Å². The van der Waals surface area contributed by atoms with Crippen LogP contribution >= 0.6 is 0 Å². The Kier molecular flexibility index (Phi) is 6.25. The minimum atomic E-state index is -6.09. The van der Waals surface area contributed by atoms with Crippen LogP contribution in [0.15, 0.2) is 0 Å². The Hall–Kier alpha value is 0.232. The van der Waals surface area contributed by atoms with Crippen LogP contribution in [0.2, 0.25) is 11.6 Å². The van der Waals surface area contributed by atoms with Crippen LogP contribution in [0.3, 0.4) is 0 Å². The molecule has 0 fully saturated rings. The van der Waals surface area contributed by atoms with Gasteiger partial charge in [-0.1, -0.05) is 0 Å². The Morgan fingerprint density at radius 1 is 1.27 bits per heavy atom. The zero-order valence-corrected chi connectivity index (χ0v) is 7.82. The quantitative estimate of drug-likeness (QED) is 0.335. The van der Waals surface area contributed by atoms with Gasteiger partial charge in [0.15, 0.2) is 10.1 Å². The first-order chi connectivity index (χ1) is 4.66. The average Bonchev–Trinajstić information content (AvgIpc) is 1.60. The molecule has 8 heteroatoms. The summed E-state index contributed by atoms with van der Waals surface area (Å²) >= 11 is 0.750. The first kappa shape index (κ1) is 13.8. The van der Waals surface area contributed by atoms with Gasteiger partial charge in [-0.25, -0.2) is 8.42 Å². The van der Waals surface area contributed by atoms with Crippen LogP contribution in [0, 0.1) is 0 Å². The molecule has 0 aromatic carbocycles. The summed E-state index contributed by atoms with van der Waals surface area (Å²) in [6, 6.07) is 0. The molecule has 3 nitrogen and oxygen atoms in total. The summed E-state index contributed by atoms with van der Waals surface area (Å²) < 4.78 is 58.9. The molecule has 0 rings (SSSR count). The van der Waals surface area contributed by atoms with Gasteiger partial charge in [-0.2, -0.15) is 13.2 Å². The molecule has 0 aromatic heterocycles. The Balaban J connectivity index is 0. The second kappa shape index (κ2) is 4.98. The zero-order chi connectivity index (χ0) is 9.71. The van der Waals surface area contributed by atoms with Crippen LogP contribution in [-0.2, 0) is 10.1 Å². The second-order valence-corrected chi connectivity index (χ2v) is 4.00.